The minimum atomic E-state index is -4.78. The molecule has 0 unspecified atom stereocenters. The standard InChI is InChI=1S/C18H12F4N2O3/c19-15-4-2-1-3-14(15)16-9-12(24-27-16)10-17(25)23-11-5-7-13(8-6-11)26-18(20,21)22/h1-9H,10H2,(H,23,25). The van der Waals surface area contributed by atoms with Gasteiger partial charge in [-0.3, -0.25) is 4.79 Å². The zero-order valence-electron chi connectivity index (χ0n) is 13.6. The minimum absolute atomic E-state index is 0.154. The van der Waals surface area contributed by atoms with E-state index in [4.69, 9.17) is 4.52 Å². The molecule has 0 atom stereocenters. The van der Waals surface area contributed by atoms with Crippen molar-refractivity contribution in [3.05, 3.63) is 66.1 Å². The minimum Gasteiger partial charge on any atom is -0.406 e. The number of anilines is 1. The molecule has 0 saturated heterocycles. The number of hydrogen-bond acceptors (Lipinski definition) is 4. The normalized spacial score (nSPS) is 11.3. The summed E-state index contributed by atoms with van der Waals surface area (Å²) in [6.45, 7) is 0. The van der Waals surface area contributed by atoms with Crippen LogP contribution < -0.4 is 10.1 Å². The van der Waals surface area contributed by atoms with Gasteiger partial charge in [-0.15, -0.1) is 13.2 Å². The number of alkyl halides is 3. The van der Waals surface area contributed by atoms with Gasteiger partial charge in [-0.05, 0) is 36.4 Å². The van der Waals surface area contributed by atoms with E-state index in [1.807, 2.05) is 0 Å². The zero-order chi connectivity index (χ0) is 19.4. The Morgan fingerprint density at radius 1 is 1.11 bits per heavy atom. The summed E-state index contributed by atoms with van der Waals surface area (Å²) in [5.74, 6) is -1.16. The van der Waals surface area contributed by atoms with E-state index in [1.54, 1.807) is 6.07 Å². The van der Waals surface area contributed by atoms with Gasteiger partial charge in [-0.1, -0.05) is 17.3 Å². The van der Waals surface area contributed by atoms with Crippen molar-refractivity contribution >= 4 is 11.6 Å². The Hall–Kier alpha value is -3.36. The molecule has 0 aliphatic rings. The second-order valence-electron chi connectivity index (χ2n) is 5.46. The van der Waals surface area contributed by atoms with Crippen molar-refractivity contribution in [1.82, 2.24) is 5.16 Å². The van der Waals surface area contributed by atoms with Crippen LogP contribution in [0.2, 0.25) is 0 Å². The first-order chi connectivity index (χ1) is 12.8. The van der Waals surface area contributed by atoms with Crippen molar-refractivity contribution in [3.63, 3.8) is 0 Å². The molecule has 3 rings (SSSR count). The number of nitrogens with zero attached hydrogens (tertiary/aromatic N) is 1. The van der Waals surface area contributed by atoms with Crippen molar-refractivity contribution in [2.45, 2.75) is 12.8 Å². The number of carbonyl (C=O) groups excluding carboxylic acids is 1. The van der Waals surface area contributed by atoms with Crippen LogP contribution in [0.25, 0.3) is 11.3 Å². The average molecular weight is 380 g/mol. The van der Waals surface area contributed by atoms with Gasteiger partial charge in [-0.2, -0.15) is 0 Å². The van der Waals surface area contributed by atoms with Gasteiger partial charge in [0.15, 0.2) is 5.76 Å². The van der Waals surface area contributed by atoms with E-state index in [0.717, 1.165) is 12.1 Å². The summed E-state index contributed by atoms with van der Waals surface area (Å²) in [4.78, 5) is 12.0. The van der Waals surface area contributed by atoms with Gasteiger partial charge in [0, 0.05) is 11.8 Å². The van der Waals surface area contributed by atoms with E-state index in [1.165, 1.54) is 36.4 Å². The van der Waals surface area contributed by atoms with Gasteiger partial charge in [-0.25, -0.2) is 4.39 Å². The third-order valence-corrected chi connectivity index (χ3v) is 3.41. The summed E-state index contributed by atoms with van der Waals surface area (Å²) in [7, 11) is 0. The highest BCUT2D eigenvalue weighted by Gasteiger charge is 2.30. The largest absolute Gasteiger partial charge is 0.573 e. The van der Waals surface area contributed by atoms with Crippen LogP contribution in [0.4, 0.5) is 23.2 Å². The first-order valence-electron chi connectivity index (χ1n) is 7.66. The second-order valence-corrected chi connectivity index (χ2v) is 5.46. The van der Waals surface area contributed by atoms with E-state index < -0.39 is 23.8 Å². The average Bonchev–Trinajstić information content (AvgIpc) is 3.04. The topological polar surface area (TPSA) is 64.4 Å². The fourth-order valence-corrected chi connectivity index (χ4v) is 2.29. The van der Waals surface area contributed by atoms with Crippen LogP contribution in [-0.2, 0) is 11.2 Å². The lowest BCUT2D eigenvalue weighted by Crippen LogP contribution is -2.17. The van der Waals surface area contributed by atoms with E-state index in [2.05, 4.69) is 15.2 Å². The lowest BCUT2D eigenvalue weighted by Gasteiger charge is -2.09. The molecule has 1 heterocycles. The van der Waals surface area contributed by atoms with Crippen LogP contribution in [0.5, 0.6) is 5.75 Å². The lowest BCUT2D eigenvalue weighted by molar-refractivity contribution is -0.274. The molecule has 0 aliphatic carbocycles. The molecule has 0 aliphatic heterocycles. The Morgan fingerprint density at radius 2 is 1.81 bits per heavy atom. The molecule has 27 heavy (non-hydrogen) atoms. The molecule has 0 spiro atoms. The van der Waals surface area contributed by atoms with Gasteiger partial charge in [0.05, 0.1) is 17.7 Å². The van der Waals surface area contributed by atoms with Gasteiger partial charge in [0.25, 0.3) is 0 Å². The highest BCUT2D eigenvalue weighted by Crippen LogP contribution is 2.25. The maximum Gasteiger partial charge on any atom is 0.573 e. The van der Waals surface area contributed by atoms with Crippen molar-refractivity contribution in [3.8, 4) is 17.1 Å². The van der Waals surface area contributed by atoms with Crippen LogP contribution in [0.3, 0.4) is 0 Å². The number of nitrogens with one attached hydrogen (secondary N) is 1. The molecule has 0 bridgehead atoms. The number of rotatable bonds is 5. The Kier molecular flexibility index (Phi) is 5.11. The second kappa shape index (κ2) is 7.48. The Morgan fingerprint density at radius 3 is 2.48 bits per heavy atom. The number of halogens is 4. The molecule has 1 aromatic heterocycles. The molecule has 9 heteroatoms. The predicted octanol–water partition coefficient (Wildman–Crippen LogP) is 4.56. The number of aromatic nitrogens is 1. The molecule has 0 fully saturated rings. The first kappa shape index (κ1) is 18.4. The summed E-state index contributed by atoms with van der Waals surface area (Å²) < 4.78 is 58.9. The molecule has 2 aromatic carbocycles. The third kappa shape index (κ3) is 5.06. The number of ether oxygens (including phenoxy) is 1. The van der Waals surface area contributed by atoms with Crippen LogP contribution in [-0.4, -0.2) is 17.4 Å². The third-order valence-electron chi connectivity index (χ3n) is 3.41. The van der Waals surface area contributed by atoms with E-state index in [9.17, 15) is 22.4 Å². The summed E-state index contributed by atoms with van der Waals surface area (Å²) in [5.41, 5.74) is 0.784. The van der Waals surface area contributed by atoms with Crippen LogP contribution >= 0.6 is 0 Å². The molecular weight excluding hydrogens is 368 g/mol. The molecule has 3 aromatic rings. The smallest absolute Gasteiger partial charge is 0.406 e. The molecule has 0 radical (unpaired) electrons. The Bertz CT molecular complexity index is 936. The van der Waals surface area contributed by atoms with Gasteiger partial charge < -0.3 is 14.6 Å². The van der Waals surface area contributed by atoms with Crippen LogP contribution in [0, 0.1) is 5.82 Å². The van der Waals surface area contributed by atoms with Crippen molar-refractivity contribution in [1.29, 1.82) is 0 Å². The van der Waals surface area contributed by atoms with E-state index in [0.29, 0.717) is 0 Å². The maximum atomic E-state index is 13.7. The van der Waals surface area contributed by atoms with Gasteiger partial charge >= 0.3 is 6.36 Å². The van der Waals surface area contributed by atoms with E-state index in [-0.39, 0.29) is 29.1 Å². The van der Waals surface area contributed by atoms with Gasteiger partial charge in [0.1, 0.15) is 11.6 Å². The predicted molar refractivity (Wildman–Crippen MR) is 87.4 cm³/mol. The summed E-state index contributed by atoms with van der Waals surface area (Å²) in [6.07, 6.45) is -4.94. The molecule has 1 amide bonds. The summed E-state index contributed by atoms with van der Waals surface area (Å²) in [6, 6.07) is 12.1. The SMILES string of the molecule is O=C(Cc1cc(-c2ccccc2F)on1)Nc1ccc(OC(F)(F)F)cc1. The molecule has 1 N–H and O–H groups in total. The van der Waals surface area contributed by atoms with Gasteiger partial charge in [0.2, 0.25) is 5.91 Å². The lowest BCUT2D eigenvalue weighted by atomic mass is 10.1. The first-order valence-corrected chi connectivity index (χ1v) is 7.66. The quantitative estimate of drug-likeness (QED) is 0.659. The highest BCUT2D eigenvalue weighted by atomic mass is 19.4. The fraction of sp³-hybridized carbons (Fsp3) is 0.111. The van der Waals surface area contributed by atoms with Crippen molar-refractivity contribution in [2.24, 2.45) is 0 Å². The number of carbonyl (C=O) groups is 1. The number of benzene rings is 2. The Labute approximate surface area is 150 Å². The maximum absolute atomic E-state index is 13.7. The fourth-order valence-electron chi connectivity index (χ4n) is 2.29. The van der Waals surface area contributed by atoms with Crippen molar-refractivity contribution in [2.75, 3.05) is 5.32 Å². The summed E-state index contributed by atoms with van der Waals surface area (Å²) >= 11 is 0. The molecule has 5 nitrogen and oxygen atoms in total. The van der Waals surface area contributed by atoms with Crippen LogP contribution in [0.1, 0.15) is 5.69 Å². The molecular formula is C18H12F4N2O3. The number of hydrogen-bond donors (Lipinski definition) is 1. The monoisotopic (exact) mass is 380 g/mol. The molecule has 0 saturated carbocycles. The zero-order valence-corrected chi connectivity index (χ0v) is 13.6. The molecule has 140 valence electrons. The highest BCUT2D eigenvalue weighted by molar-refractivity contribution is 5.92. The van der Waals surface area contributed by atoms with Crippen LogP contribution in [0.15, 0.2) is 59.1 Å². The summed E-state index contributed by atoms with van der Waals surface area (Å²) in [5, 5.41) is 6.23. The Balaban J connectivity index is 1.61. The van der Waals surface area contributed by atoms with E-state index >= 15 is 0 Å². The number of amides is 1. The van der Waals surface area contributed by atoms with Crippen molar-refractivity contribution < 1.29 is 31.6 Å².